The van der Waals surface area contributed by atoms with Gasteiger partial charge in [-0.05, 0) is 24.5 Å². The molecule has 0 saturated carbocycles. The van der Waals surface area contributed by atoms with Gasteiger partial charge in [0.2, 0.25) is 0 Å². The molecule has 1 N–H and O–H groups in total. The van der Waals surface area contributed by atoms with Gasteiger partial charge in [-0.1, -0.05) is 17.0 Å². The van der Waals surface area contributed by atoms with E-state index in [-0.39, 0.29) is 0 Å². The van der Waals surface area contributed by atoms with Crippen LogP contribution in [0, 0.1) is 11.5 Å². The first-order valence-electron chi connectivity index (χ1n) is 4.82. The summed E-state index contributed by atoms with van der Waals surface area (Å²) in [4.78, 5) is 4.30. The summed E-state index contributed by atoms with van der Waals surface area (Å²) in [6, 6.07) is 5.59. The van der Waals surface area contributed by atoms with E-state index in [0.717, 1.165) is 16.7 Å². The molecule has 0 atom stereocenters. The molecule has 6 nitrogen and oxygen atoms in total. The molecule has 0 bridgehead atoms. The Morgan fingerprint density at radius 2 is 2.41 bits per heavy atom. The number of nitrogens with one attached hydrogen (secondary N) is 1. The van der Waals surface area contributed by atoms with E-state index in [9.17, 15) is 0 Å². The number of benzene rings is 1. The van der Waals surface area contributed by atoms with Crippen LogP contribution in [0.15, 0.2) is 23.2 Å². The molecule has 2 rings (SSSR count). The van der Waals surface area contributed by atoms with Gasteiger partial charge >= 0.3 is 0 Å². The molecule has 0 aliphatic heterocycles. The zero-order valence-electron chi connectivity index (χ0n) is 9.38. The van der Waals surface area contributed by atoms with Gasteiger partial charge in [0.15, 0.2) is 11.4 Å². The highest BCUT2D eigenvalue weighted by atomic mass is 32.2. The van der Waals surface area contributed by atoms with E-state index in [0.29, 0.717) is 5.17 Å². The Bertz CT molecular complexity index is 609. The molecule has 0 fully saturated rings. The van der Waals surface area contributed by atoms with E-state index in [1.165, 1.54) is 11.8 Å². The predicted octanol–water partition coefficient (Wildman–Crippen LogP) is 1.39. The normalized spacial score (nSPS) is 11.5. The third kappa shape index (κ3) is 2.37. The maximum atomic E-state index is 8.54. The summed E-state index contributed by atoms with van der Waals surface area (Å²) in [5.74, 6) is 0. The Kier molecular flexibility index (Phi) is 3.25. The van der Waals surface area contributed by atoms with Crippen LogP contribution >= 0.6 is 11.8 Å². The molecule has 0 radical (unpaired) electrons. The zero-order valence-corrected chi connectivity index (χ0v) is 10.2. The molecule has 1 aromatic heterocycles. The van der Waals surface area contributed by atoms with Crippen molar-refractivity contribution in [1.29, 1.82) is 5.26 Å². The molecular formula is C10H10N6S. The molecule has 2 aromatic rings. The highest BCUT2D eigenvalue weighted by Gasteiger charge is 2.02. The number of thioether (sulfide) groups is 1. The summed E-state index contributed by atoms with van der Waals surface area (Å²) in [6.07, 6.45) is 3.70. The second kappa shape index (κ2) is 4.84. The number of aliphatic imine (C=N–C) groups is 1. The first-order valence-corrected chi connectivity index (χ1v) is 6.04. The van der Waals surface area contributed by atoms with Crippen LogP contribution in [0.5, 0.6) is 0 Å². The van der Waals surface area contributed by atoms with E-state index >= 15 is 0 Å². The van der Waals surface area contributed by atoms with Gasteiger partial charge in [-0.15, -0.1) is 5.10 Å². The molecule has 1 heterocycles. The van der Waals surface area contributed by atoms with Crippen LogP contribution in [-0.2, 0) is 7.05 Å². The van der Waals surface area contributed by atoms with Gasteiger partial charge in [-0.2, -0.15) is 5.26 Å². The summed E-state index contributed by atoms with van der Waals surface area (Å²) in [6.45, 7) is 0. The van der Waals surface area contributed by atoms with E-state index in [4.69, 9.17) is 5.26 Å². The van der Waals surface area contributed by atoms with Crippen LogP contribution < -0.4 is 5.32 Å². The average molecular weight is 246 g/mol. The Balaban J connectivity index is 2.40. The number of amidine groups is 1. The number of nitrogens with zero attached hydrogens (tertiary/aromatic N) is 5. The van der Waals surface area contributed by atoms with Gasteiger partial charge in [0.25, 0.3) is 0 Å². The Labute approximate surface area is 102 Å². The number of aromatic nitrogens is 3. The smallest absolute Gasteiger partial charge is 0.183 e. The van der Waals surface area contributed by atoms with Crippen molar-refractivity contribution in [3.8, 4) is 6.19 Å². The van der Waals surface area contributed by atoms with Crippen molar-refractivity contribution in [1.82, 2.24) is 20.3 Å². The van der Waals surface area contributed by atoms with Crippen LogP contribution in [-0.4, -0.2) is 26.4 Å². The number of nitriles is 1. The van der Waals surface area contributed by atoms with Crippen molar-refractivity contribution in [2.24, 2.45) is 12.0 Å². The van der Waals surface area contributed by atoms with Gasteiger partial charge in [0.05, 0.1) is 11.2 Å². The molecule has 17 heavy (non-hydrogen) atoms. The second-order valence-corrected chi connectivity index (χ2v) is 4.04. The number of hydrogen-bond acceptors (Lipinski definition) is 5. The van der Waals surface area contributed by atoms with Crippen LogP contribution in [0.25, 0.3) is 11.0 Å². The maximum absolute atomic E-state index is 8.54. The Hall–Kier alpha value is -2.07. The molecule has 0 aliphatic rings. The van der Waals surface area contributed by atoms with Gasteiger partial charge < -0.3 is 0 Å². The Morgan fingerprint density at radius 3 is 3.12 bits per heavy atom. The minimum atomic E-state index is 0.552. The summed E-state index contributed by atoms with van der Waals surface area (Å²) >= 11 is 1.38. The molecule has 7 heteroatoms. The largest absolute Gasteiger partial charge is 0.271 e. The third-order valence-electron chi connectivity index (χ3n) is 2.18. The number of rotatable bonds is 1. The van der Waals surface area contributed by atoms with Gasteiger partial charge in [-0.3, -0.25) is 5.32 Å². The molecule has 0 spiro atoms. The van der Waals surface area contributed by atoms with Crippen molar-refractivity contribution in [3.63, 3.8) is 0 Å². The maximum Gasteiger partial charge on any atom is 0.183 e. The van der Waals surface area contributed by atoms with Crippen molar-refractivity contribution >= 4 is 33.7 Å². The minimum absolute atomic E-state index is 0.552. The molecule has 0 amide bonds. The molecule has 0 saturated heterocycles. The third-order valence-corrected chi connectivity index (χ3v) is 2.76. The van der Waals surface area contributed by atoms with Crippen molar-refractivity contribution in [2.75, 3.05) is 6.26 Å². The Morgan fingerprint density at radius 1 is 1.59 bits per heavy atom. The molecule has 86 valence electrons. The molecule has 1 aromatic carbocycles. The van der Waals surface area contributed by atoms with Crippen LogP contribution in [0.2, 0.25) is 0 Å². The van der Waals surface area contributed by atoms with Crippen LogP contribution in [0.1, 0.15) is 0 Å². The minimum Gasteiger partial charge on any atom is -0.271 e. The van der Waals surface area contributed by atoms with Crippen molar-refractivity contribution in [2.45, 2.75) is 0 Å². The second-order valence-electron chi connectivity index (χ2n) is 3.24. The van der Waals surface area contributed by atoms with Crippen LogP contribution in [0.4, 0.5) is 5.69 Å². The predicted molar refractivity (Wildman–Crippen MR) is 67.9 cm³/mol. The lowest BCUT2D eigenvalue weighted by molar-refractivity contribution is 0.736. The van der Waals surface area contributed by atoms with Crippen molar-refractivity contribution in [3.05, 3.63) is 18.2 Å². The topological polar surface area (TPSA) is 78.9 Å². The number of aryl methyl sites for hydroxylation is 1. The fraction of sp³-hybridized carbons (Fsp3) is 0.200. The van der Waals surface area contributed by atoms with Gasteiger partial charge in [0.1, 0.15) is 5.52 Å². The van der Waals surface area contributed by atoms with Crippen molar-refractivity contribution < 1.29 is 0 Å². The first kappa shape index (κ1) is 11.4. The monoisotopic (exact) mass is 246 g/mol. The fourth-order valence-electron chi connectivity index (χ4n) is 1.39. The molecule has 0 aliphatic carbocycles. The lowest BCUT2D eigenvalue weighted by Gasteiger charge is -1.99. The van der Waals surface area contributed by atoms with Gasteiger partial charge in [-0.25, -0.2) is 9.67 Å². The number of hydrogen-bond donors (Lipinski definition) is 1. The van der Waals surface area contributed by atoms with E-state index in [1.807, 2.05) is 37.7 Å². The standard InChI is InChI=1S/C10H10N6S/c1-16-9-4-3-7(5-8(9)14-15-16)13-10(17-2)12-6-11/h3-5H,1-2H3,(H,12,13). The molecule has 0 unspecified atom stereocenters. The fourth-order valence-corrected chi connectivity index (χ4v) is 1.73. The molecular weight excluding hydrogens is 236 g/mol. The summed E-state index contributed by atoms with van der Waals surface area (Å²) in [7, 11) is 1.84. The highest BCUT2D eigenvalue weighted by molar-refractivity contribution is 8.13. The lowest BCUT2D eigenvalue weighted by atomic mass is 10.3. The highest BCUT2D eigenvalue weighted by Crippen LogP contribution is 2.19. The van der Waals surface area contributed by atoms with Gasteiger partial charge in [0, 0.05) is 7.05 Å². The number of fused-ring (bicyclic) bond motifs is 1. The summed E-state index contributed by atoms with van der Waals surface area (Å²) in [5.41, 5.74) is 2.47. The zero-order chi connectivity index (χ0) is 12.3. The average Bonchev–Trinajstić information content (AvgIpc) is 2.70. The quantitative estimate of drug-likeness (QED) is 0.356. The van der Waals surface area contributed by atoms with E-state index < -0.39 is 0 Å². The SMILES string of the molecule is CSC(=Nc1ccc2c(c1)nnn2C)NC#N. The van der Waals surface area contributed by atoms with E-state index in [1.54, 1.807) is 4.68 Å². The van der Waals surface area contributed by atoms with E-state index in [2.05, 4.69) is 20.6 Å². The lowest BCUT2D eigenvalue weighted by Crippen LogP contribution is -2.12. The van der Waals surface area contributed by atoms with Crippen LogP contribution in [0.3, 0.4) is 0 Å². The summed E-state index contributed by atoms with van der Waals surface area (Å²) < 4.78 is 1.70. The summed E-state index contributed by atoms with van der Waals surface area (Å²) in [5, 5.41) is 19.5. The first-order chi connectivity index (χ1) is 8.24.